The first kappa shape index (κ1) is 19.9. The molecule has 3 nitrogen and oxygen atoms in total. The monoisotopic (exact) mass is 307 g/mol. The molecule has 0 unspecified atom stereocenters. The van der Waals surface area contributed by atoms with Gasteiger partial charge < -0.3 is 4.74 Å². The molecule has 1 aromatic carbocycles. The lowest BCUT2D eigenvalue weighted by atomic mass is 10.1. The van der Waals surface area contributed by atoms with Crippen LogP contribution < -0.4 is 0 Å². The highest BCUT2D eigenvalue weighted by molar-refractivity contribution is 5.88. The van der Waals surface area contributed by atoms with E-state index in [1.54, 1.807) is 24.3 Å². The van der Waals surface area contributed by atoms with Crippen LogP contribution >= 0.6 is 0 Å². The van der Waals surface area contributed by atoms with Crippen molar-refractivity contribution >= 4 is 12.0 Å². The van der Waals surface area contributed by atoms with E-state index >= 15 is 0 Å². The smallest absolute Gasteiger partial charge is 0.333 e. The summed E-state index contributed by atoms with van der Waals surface area (Å²) in [6.45, 7) is 7.09. The summed E-state index contributed by atoms with van der Waals surface area (Å²) in [6, 6.07) is 11.8. The molecule has 0 N–H and O–H groups in total. The zero-order chi connectivity index (χ0) is 17.3. The van der Waals surface area contributed by atoms with Gasteiger partial charge in [0, 0.05) is 11.6 Å². The number of carbonyl (C=O) groups is 1. The van der Waals surface area contributed by atoms with Crippen molar-refractivity contribution < 1.29 is 9.53 Å². The van der Waals surface area contributed by atoms with Gasteiger partial charge in [0.1, 0.15) is 0 Å². The standard InChI is InChI=1S/C13H14O2.C7H7N/c1-11(13(14)15-2)7-6-10-12-8-4-3-5-9-12;1-2-3-4-5-6-7-8/h3-6,8-10H,1,7H2,2H3;2-6H,1H2. The minimum atomic E-state index is -0.354. The molecule has 0 saturated carbocycles. The molecule has 0 bridgehead atoms. The molecular weight excluding hydrogens is 286 g/mol. The fourth-order valence-corrected chi connectivity index (χ4v) is 1.37. The van der Waals surface area contributed by atoms with Gasteiger partial charge in [-0.25, -0.2) is 4.79 Å². The van der Waals surface area contributed by atoms with Crippen LogP contribution in [0.1, 0.15) is 12.0 Å². The Bertz CT molecular complexity index is 617. The van der Waals surface area contributed by atoms with E-state index in [0.29, 0.717) is 12.0 Å². The molecule has 118 valence electrons. The van der Waals surface area contributed by atoms with E-state index in [1.165, 1.54) is 13.2 Å². The Hall–Kier alpha value is -3.12. The highest BCUT2D eigenvalue weighted by Crippen LogP contribution is 2.06. The van der Waals surface area contributed by atoms with E-state index < -0.39 is 0 Å². The van der Waals surface area contributed by atoms with Gasteiger partial charge in [0.25, 0.3) is 0 Å². The molecule has 0 aromatic heterocycles. The number of nitrogens with zero attached hydrogens (tertiary/aromatic N) is 1. The molecule has 23 heavy (non-hydrogen) atoms. The number of hydrogen-bond donors (Lipinski definition) is 0. The van der Waals surface area contributed by atoms with Crippen LogP contribution in [-0.4, -0.2) is 13.1 Å². The van der Waals surface area contributed by atoms with Crippen LogP contribution in [0.5, 0.6) is 0 Å². The third kappa shape index (κ3) is 11.2. The van der Waals surface area contributed by atoms with Gasteiger partial charge >= 0.3 is 5.97 Å². The zero-order valence-corrected chi connectivity index (χ0v) is 13.3. The summed E-state index contributed by atoms with van der Waals surface area (Å²) in [5.41, 5.74) is 1.57. The van der Waals surface area contributed by atoms with Crippen molar-refractivity contribution in [3.05, 3.63) is 91.1 Å². The fraction of sp³-hybridized carbons (Fsp3) is 0.100. The summed E-state index contributed by atoms with van der Waals surface area (Å²) >= 11 is 0. The second-order valence-electron chi connectivity index (χ2n) is 4.22. The number of carbonyl (C=O) groups excluding carboxylic acids is 1. The summed E-state index contributed by atoms with van der Waals surface area (Å²) in [5, 5.41) is 7.97. The van der Waals surface area contributed by atoms with E-state index in [-0.39, 0.29) is 5.97 Å². The lowest BCUT2D eigenvalue weighted by Gasteiger charge is -1.98. The number of benzene rings is 1. The lowest BCUT2D eigenvalue weighted by molar-refractivity contribution is -0.136. The molecule has 0 radical (unpaired) electrons. The van der Waals surface area contributed by atoms with Gasteiger partial charge in [0.2, 0.25) is 0 Å². The van der Waals surface area contributed by atoms with Crippen molar-refractivity contribution in [2.24, 2.45) is 0 Å². The van der Waals surface area contributed by atoms with E-state index in [4.69, 9.17) is 5.26 Å². The van der Waals surface area contributed by atoms with Gasteiger partial charge in [-0.1, -0.05) is 79.9 Å². The molecular formula is C20H21NO2. The first-order valence-corrected chi connectivity index (χ1v) is 6.97. The van der Waals surface area contributed by atoms with E-state index in [0.717, 1.165) is 5.56 Å². The molecule has 1 rings (SSSR count). The van der Waals surface area contributed by atoms with Crippen LogP contribution in [0.25, 0.3) is 6.08 Å². The Morgan fingerprint density at radius 3 is 2.52 bits per heavy atom. The van der Waals surface area contributed by atoms with Crippen molar-refractivity contribution in [1.29, 1.82) is 5.26 Å². The predicted octanol–water partition coefficient (Wildman–Crippen LogP) is 4.63. The van der Waals surface area contributed by atoms with Crippen molar-refractivity contribution in [3.8, 4) is 6.07 Å². The average molecular weight is 307 g/mol. The summed E-state index contributed by atoms with van der Waals surface area (Å²) in [5.74, 6) is -0.354. The summed E-state index contributed by atoms with van der Waals surface area (Å²) < 4.78 is 4.54. The van der Waals surface area contributed by atoms with E-state index in [9.17, 15) is 4.79 Å². The molecule has 1 aromatic rings. The van der Waals surface area contributed by atoms with Crippen LogP contribution in [0, 0.1) is 11.3 Å². The van der Waals surface area contributed by atoms with Gasteiger partial charge in [-0.05, 0) is 12.0 Å². The van der Waals surface area contributed by atoms with Gasteiger partial charge in [0.15, 0.2) is 0 Å². The third-order valence-electron chi connectivity index (χ3n) is 2.48. The molecule has 0 aliphatic heterocycles. The van der Waals surface area contributed by atoms with Crippen molar-refractivity contribution in [2.45, 2.75) is 6.42 Å². The Labute approximate surface area is 138 Å². The van der Waals surface area contributed by atoms with Crippen molar-refractivity contribution in [1.82, 2.24) is 0 Å². The van der Waals surface area contributed by atoms with Crippen LogP contribution in [-0.2, 0) is 9.53 Å². The molecule has 0 fully saturated rings. The fourth-order valence-electron chi connectivity index (χ4n) is 1.37. The number of nitriles is 1. The average Bonchev–Trinajstić information content (AvgIpc) is 2.59. The molecule has 0 aliphatic carbocycles. The summed E-state index contributed by atoms with van der Waals surface area (Å²) in [7, 11) is 1.36. The first-order valence-electron chi connectivity index (χ1n) is 6.97. The summed E-state index contributed by atoms with van der Waals surface area (Å²) in [6.07, 6.45) is 12.6. The number of hydrogen-bond acceptors (Lipinski definition) is 3. The number of rotatable bonds is 6. The Morgan fingerprint density at radius 1 is 1.26 bits per heavy atom. The van der Waals surface area contributed by atoms with Crippen LogP contribution in [0.2, 0.25) is 0 Å². The highest BCUT2D eigenvalue weighted by atomic mass is 16.5. The lowest BCUT2D eigenvalue weighted by Crippen LogP contribution is -2.02. The van der Waals surface area contributed by atoms with Gasteiger partial charge in [-0.15, -0.1) is 0 Å². The Morgan fingerprint density at radius 2 is 1.96 bits per heavy atom. The highest BCUT2D eigenvalue weighted by Gasteiger charge is 2.02. The predicted molar refractivity (Wildman–Crippen MR) is 95.3 cm³/mol. The maximum absolute atomic E-state index is 11.0. The van der Waals surface area contributed by atoms with E-state index in [2.05, 4.69) is 17.9 Å². The summed E-state index contributed by atoms with van der Waals surface area (Å²) in [4.78, 5) is 11.0. The second-order valence-corrected chi connectivity index (χ2v) is 4.22. The normalized spacial score (nSPS) is 10.1. The number of ether oxygens (including phenoxy) is 1. The third-order valence-corrected chi connectivity index (χ3v) is 2.48. The Kier molecular flexibility index (Phi) is 12.0. The number of allylic oxidation sites excluding steroid dienone is 6. The largest absolute Gasteiger partial charge is 0.466 e. The molecule has 3 heteroatoms. The zero-order valence-electron chi connectivity index (χ0n) is 13.3. The quantitative estimate of drug-likeness (QED) is 0.333. The number of methoxy groups -OCH3 is 1. The van der Waals surface area contributed by atoms with Gasteiger partial charge in [0.05, 0.1) is 13.2 Å². The molecule has 0 saturated heterocycles. The molecule has 0 heterocycles. The van der Waals surface area contributed by atoms with Crippen LogP contribution in [0.4, 0.5) is 0 Å². The topological polar surface area (TPSA) is 50.1 Å². The van der Waals surface area contributed by atoms with E-state index in [1.807, 2.05) is 48.6 Å². The number of esters is 1. The van der Waals surface area contributed by atoms with Crippen molar-refractivity contribution in [2.75, 3.05) is 7.11 Å². The minimum absolute atomic E-state index is 0.354. The first-order chi connectivity index (χ1) is 11.2. The minimum Gasteiger partial charge on any atom is -0.466 e. The Balaban J connectivity index is 0.000000515. The molecule has 0 amide bonds. The maximum atomic E-state index is 11.0. The SMILES string of the molecule is C=C(CC=Cc1ccccc1)C(=O)OC.C=CC=CC=CC#N. The van der Waals surface area contributed by atoms with Crippen molar-refractivity contribution in [3.63, 3.8) is 0 Å². The maximum Gasteiger partial charge on any atom is 0.333 e. The molecule has 0 atom stereocenters. The second kappa shape index (κ2) is 13.8. The van der Waals surface area contributed by atoms with Gasteiger partial charge in [-0.2, -0.15) is 5.26 Å². The molecule has 0 aliphatic rings. The van der Waals surface area contributed by atoms with Crippen LogP contribution in [0.15, 0.2) is 85.5 Å². The van der Waals surface area contributed by atoms with Gasteiger partial charge in [-0.3, -0.25) is 0 Å². The van der Waals surface area contributed by atoms with Crippen LogP contribution in [0.3, 0.4) is 0 Å². The molecule has 0 spiro atoms.